The molecule has 3 rings (SSSR count). The molecule has 1 saturated carbocycles. The molecule has 3 N–H and O–H groups in total. The van der Waals surface area contributed by atoms with Crippen molar-refractivity contribution in [2.24, 2.45) is 7.05 Å². The first-order valence-corrected chi connectivity index (χ1v) is 7.38. The van der Waals surface area contributed by atoms with Gasteiger partial charge in [0, 0.05) is 7.05 Å². The SMILES string of the molecule is Cc1nn(C)c2n[nH]c(NC(=O)CC3(O)CCCCC3)c12. The van der Waals surface area contributed by atoms with Crippen LogP contribution < -0.4 is 5.32 Å². The number of fused-ring (bicyclic) bond motifs is 1. The van der Waals surface area contributed by atoms with E-state index in [9.17, 15) is 9.90 Å². The van der Waals surface area contributed by atoms with Gasteiger partial charge in [-0.05, 0) is 19.8 Å². The summed E-state index contributed by atoms with van der Waals surface area (Å²) in [5.41, 5.74) is 0.665. The zero-order valence-corrected chi connectivity index (χ0v) is 12.4. The molecule has 0 spiro atoms. The Bertz CT molecular complexity index is 666. The van der Waals surface area contributed by atoms with Crippen LogP contribution in [-0.2, 0) is 11.8 Å². The van der Waals surface area contributed by atoms with Gasteiger partial charge in [0.2, 0.25) is 5.91 Å². The summed E-state index contributed by atoms with van der Waals surface area (Å²) in [7, 11) is 1.81. The van der Waals surface area contributed by atoms with Crippen molar-refractivity contribution in [3.05, 3.63) is 5.69 Å². The molecule has 0 aliphatic heterocycles. The number of rotatable bonds is 3. The average molecular weight is 291 g/mol. The van der Waals surface area contributed by atoms with Gasteiger partial charge in [0.1, 0.15) is 5.82 Å². The summed E-state index contributed by atoms with van der Waals surface area (Å²) < 4.78 is 1.67. The molecule has 7 nitrogen and oxygen atoms in total. The van der Waals surface area contributed by atoms with E-state index < -0.39 is 5.60 Å². The first kappa shape index (κ1) is 14.1. The van der Waals surface area contributed by atoms with Gasteiger partial charge in [0.05, 0.1) is 23.1 Å². The number of aromatic amines is 1. The van der Waals surface area contributed by atoms with Crippen LogP contribution in [0, 0.1) is 6.92 Å². The molecule has 1 aliphatic rings. The van der Waals surface area contributed by atoms with Crippen LogP contribution in [0.5, 0.6) is 0 Å². The number of hydrogen-bond donors (Lipinski definition) is 3. The second-order valence-electron chi connectivity index (χ2n) is 6.02. The largest absolute Gasteiger partial charge is 0.389 e. The second kappa shape index (κ2) is 5.14. The Morgan fingerprint density at radius 1 is 1.43 bits per heavy atom. The Balaban J connectivity index is 1.74. The van der Waals surface area contributed by atoms with Crippen LogP contribution in [0.25, 0.3) is 11.0 Å². The monoisotopic (exact) mass is 291 g/mol. The third-order valence-electron chi connectivity index (χ3n) is 4.25. The molecule has 7 heteroatoms. The maximum Gasteiger partial charge on any atom is 0.228 e. The van der Waals surface area contributed by atoms with Crippen molar-refractivity contribution in [3.63, 3.8) is 0 Å². The van der Waals surface area contributed by atoms with E-state index in [1.54, 1.807) is 4.68 Å². The predicted octanol–water partition coefficient (Wildman–Crippen LogP) is 1.63. The Labute approximate surface area is 122 Å². The fourth-order valence-corrected chi connectivity index (χ4v) is 3.19. The van der Waals surface area contributed by atoms with E-state index >= 15 is 0 Å². The molecular formula is C14H21N5O2. The Morgan fingerprint density at radius 2 is 2.14 bits per heavy atom. The highest BCUT2D eigenvalue weighted by Crippen LogP contribution is 2.31. The molecule has 1 fully saturated rings. The van der Waals surface area contributed by atoms with E-state index in [4.69, 9.17) is 0 Å². The van der Waals surface area contributed by atoms with Crippen LogP contribution in [-0.4, -0.2) is 36.6 Å². The van der Waals surface area contributed by atoms with Gasteiger partial charge in [0.15, 0.2) is 5.65 Å². The van der Waals surface area contributed by atoms with E-state index in [0.717, 1.165) is 30.3 Å². The Kier molecular flexibility index (Phi) is 3.44. The minimum Gasteiger partial charge on any atom is -0.389 e. The van der Waals surface area contributed by atoms with Gasteiger partial charge in [0.25, 0.3) is 0 Å². The summed E-state index contributed by atoms with van der Waals surface area (Å²) >= 11 is 0. The molecule has 0 saturated heterocycles. The lowest BCUT2D eigenvalue weighted by Gasteiger charge is -2.31. The zero-order chi connectivity index (χ0) is 15.0. The lowest BCUT2D eigenvalue weighted by molar-refractivity contribution is -0.122. The van der Waals surface area contributed by atoms with Crippen molar-refractivity contribution in [1.29, 1.82) is 0 Å². The van der Waals surface area contributed by atoms with Crippen molar-refractivity contribution in [3.8, 4) is 0 Å². The number of hydrogen-bond acceptors (Lipinski definition) is 4. The first-order chi connectivity index (χ1) is 9.98. The minimum absolute atomic E-state index is 0.132. The van der Waals surface area contributed by atoms with E-state index in [-0.39, 0.29) is 12.3 Å². The molecule has 0 aromatic carbocycles. The smallest absolute Gasteiger partial charge is 0.228 e. The molecule has 0 unspecified atom stereocenters. The number of amides is 1. The van der Waals surface area contributed by atoms with Crippen LogP contribution in [0.15, 0.2) is 0 Å². The first-order valence-electron chi connectivity index (χ1n) is 7.38. The molecule has 1 amide bonds. The molecule has 114 valence electrons. The van der Waals surface area contributed by atoms with Crippen molar-refractivity contribution in [1.82, 2.24) is 20.0 Å². The molecule has 0 atom stereocenters. The topological polar surface area (TPSA) is 95.8 Å². The molecule has 1 aliphatic carbocycles. The van der Waals surface area contributed by atoms with Gasteiger partial charge in [-0.15, -0.1) is 0 Å². The molecule has 21 heavy (non-hydrogen) atoms. The standard InChI is InChI=1S/C14H21N5O2/c1-9-11-12(16-17-13(11)19(2)18-9)15-10(20)8-14(21)6-4-3-5-7-14/h21H,3-8H2,1-2H3,(H2,15,16,17,20). The molecule has 2 aromatic heterocycles. The van der Waals surface area contributed by atoms with E-state index in [1.165, 1.54) is 0 Å². The molecule has 0 bridgehead atoms. The summed E-state index contributed by atoms with van der Waals surface area (Å²) in [4.78, 5) is 12.2. The summed E-state index contributed by atoms with van der Waals surface area (Å²) in [5, 5.41) is 25.3. The number of carbonyl (C=O) groups excluding carboxylic acids is 1. The minimum atomic E-state index is -0.856. The number of nitrogens with zero attached hydrogens (tertiary/aromatic N) is 3. The average Bonchev–Trinajstić information content (AvgIpc) is 2.93. The summed E-state index contributed by atoms with van der Waals surface area (Å²) in [5.74, 6) is 0.369. The number of aryl methyl sites for hydroxylation is 2. The van der Waals surface area contributed by atoms with Crippen LogP contribution in [0.3, 0.4) is 0 Å². The van der Waals surface area contributed by atoms with Crippen molar-refractivity contribution >= 4 is 22.8 Å². The van der Waals surface area contributed by atoms with Crippen molar-refractivity contribution in [2.75, 3.05) is 5.32 Å². The van der Waals surface area contributed by atoms with Gasteiger partial charge < -0.3 is 10.4 Å². The number of carbonyl (C=O) groups is 1. The number of nitrogens with one attached hydrogen (secondary N) is 2. The number of aromatic nitrogens is 4. The number of anilines is 1. The van der Waals surface area contributed by atoms with Crippen LogP contribution in [0.4, 0.5) is 5.82 Å². The van der Waals surface area contributed by atoms with Gasteiger partial charge in [-0.3, -0.25) is 9.89 Å². The normalized spacial score (nSPS) is 18.0. The van der Waals surface area contributed by atoms with E-state index in [2.05, 4.69) is 20.6 Å². The Morgan fingerprint density at radius 3 is 2.86 bits per heavy atom. The van der Waals surface area contributed by atoms with Crippen LogP contribution >= 0.6 is 0 Å². The maximum atomic E-state index is 12.2. The quantitative estimate of drug-likeness (QED) is 0.800. The summed E-state index contributed by atoms with van der Waals surface area (Å²) in [6, 6.07) is 0. The zero-order valence-electron chi connectivity index (χ0n) is 12.4. The van der Waals surface area contributed by atoms with Crippen molar-refractivity contribution < 1.29 is 9.90 Å². The molecule has 0 radical (unpaired) electrons. The third-order valence-corrected chi connectivity index (χ3v) is 4.25. The highest BCUT2D eigenvalue weighted by atomic mass is 16.3. The molecular weight excluding hydrogens is 270 g/mol. The molecule has 2 aromatic rings. The fraction of sp³-hybridized carbons (Fsp3) is 0.643. The predicted molar refractivity (Wildman–Crippen MR) is 78.9 cm³/mol. The summed E-state index contributed by atoms with van der Waals surface area (Å²) in [6.45, 7) is 1.88. The van der Waals surface area contributed by atoms with Gasteiger partial charge >= 0.3 is 0 Å². The Hall–Kier alpha value is -1.89. The highest BCUT2D eigenvalue weighted by molar-refractivity contribution is 6.00. The maximum absolute atomic E-state index is 12.2. The fourth-order valence-electron chi connectivity index (χ4n) is 3.19. The van der Waals surface area contributed by atoms with Crippen LogP contribution in [0.1, 0.15) is 44.2 Å². The van der Waals surface area contributed by atoms with E-state index in [0.29, 0.717) is 24.3 Å². The third kappa shape index (κ3) is 2.65. The molecule has 2 heterocycles. The lowest BCUT2D eigenvalue weighted by Crippen LogP contribution is -2.36. The van der Waals surface area contributed by atoms with Gasteiger partial charge in [-0.2, -0.15) is 10.2 Å². The second-order valence-corrected chi connectivity index (χ2v) is 6.02. The van der Waals surface area contributed by atoms with Gasteiger partial charge in [-0.1, -0.05) is 19.3 Å². The number of H-pyrrole nitrogens is 1. The van der Waals surface area contributed by atoms with Crippen LogP contribution in [0.2, 0.25) is 0 Å². The number of aliphatic hydroxyl groups is 1. The highest BCUT2D eigenvalue weighted by Gasteiger charge is 2.32. The summed E-state index contributed by atoms with van der Waals surface area (Å²) in [6.07, 6.45) is 4.64. The lowest BCUT2D eigenvalue weighted by atomic mass is 9.82. The van der Waals surface area contributed by atoms with Gasteiger partial charge in [-0.25, -0.2) is 4.68 Å². The van der Waals surface area contributed by atoms with Crippen molar-refractivity contribution in [2.45, 2.75) is 51.0 Å². The van der Waals surface area contributed by atoms with E-state index in [1.807, 2.05) is 14.0 Å².